The lowest BCUT2D eigenvalue weighted by Crippen LogP contribution is -2.15. The van der Waals surface area contributed by atoms with E-state index in [4.69, 9.17) is 12.2 Å². The number of rotatable bonds is 2. The van der Waals surface area contributed by atoms with Crippen molar-refractivity contribution in [3.05, 3.63) is 50.3 Å². The molecule has 0 atom stereocenters. The first kappa shape index (κ1) is 13.9. The first-order chi connectivity index (χ1) is 10.1. The largest absolute Gasteiger partial charge is 0.332 e. The summed E-state index contributed by atoms with van der Waals surface area (Å²) in [5.41, 5.74) is 3.17. The van der Waals surface area contributed by atoms with Gasteiger partial charge in [0.25, 0.3) is 5.69 Å². The van der Waals surface area contributed by atoms with Crippen LogP contribution in [0.25, 0.3) is 11.4 Å². The van der Waals surface area contributed by atoms with Gasteiger partial charge in [0, 0.05) is 36.0 Å². The number of fused-ring (bicyclic) bond motifs is 1. The van der Waals surface area contributed by atoms with Crippen LogP contribution in [0.15, 0.2) is 24.3 Å². The molecule has 0 radical (unpaired) electrons. The summed E-state index contributed by atoms with van der Waals surface area (Å²) in [7, 11) is 1.96. The van der Waals surface area contributed by atoms with Gasteiger partial charge in [-0.1, -0.05) is 24.4 Å². The van der Waals surface area contributed by atoms with Gasteiger partial charge >= 0.3 is 0 Å². The molecule has 21 heavy (non-hydrogen) atoms. The van der Waals surface area contributed by atoms with E-state index in [1.807, 2.05) is 17.7 Å². The fourth-order valence-electron chi connectivity index (χ4n) is 2.87. The van der Waals surface area contributed by atoms with Gasteiger partial charge in [0.15, 0.2) is 0 Å². The average molecular weight is 301 g/mol. The minimum Gasteiger partial charge on any atom is -0.332 e. The Morgan fingerprint density at radius 2 is 2.10 bits per heavy atom. The number of benzene rings is 1. The molecule has 1 aromatic carbocycles. The van der Waals surface area contributed by atoms with Crippen molar-refractivity contribution in [2.75, 3.05) is 0 Å². The van der Waals surface area contributed by atoms with Crippen molar-refractivity contribution < 1.29 is 4.92 Å². The first-order valence-electron chi connectivity index (χ1n) is 6.91. The number of non-ortho nitro benzene ring substituents is 1. The maximum absolute atomic E-state index is 10.9. The van der Waals surface area contributed by atoms with Crippen LogP contribution >= 0.6 is 12.2 Å². The highest BCUT2D eigenvalue weighted by Gasteiger charge is 2.18. The molecular formula is C15H15N3O2S. The Bertz CT molecular complexity index is 783. The molecule has 1 heterocycles. The summed E-state index contributed by atoms with van der Waals surface area (Å²) in [6.07, 6.45) is 4.26. The first-order valence-corrected chi connectivity index (χ1v) is 7.32. The van der Waals surface area contributed by atoms with E-state index in [0.717, 1.165) is 36.8 Å². The number of hydrogen-bond acceptors (Lipinski definition) is 4. The van der Waals surface area contributed by atoms with Gasteiger partial charge in [-0.3, -0.25) is 10.1 Å². The Kier molecular flexibility index (Phi) is 3.55. The summed E-state index contributed by atoms with van der Waals surface area (Å²) in [4.78, 5) is 15.0. The van der Waals surface area contributed by atoms with Crippen LogP contribution in [0.2, 0.25) is 0 Å². The van der Waals surface area contributed by atoms with Crippen LogP contribution in [0.1, 0.15) is 24.1 Å². The van der Waals surface area contributed by atoms with Crippen LogP contribution in [-0.4, -0.2) is 14.5 Å². The summed E-state index contributed by atoms with van der Waals surface area (Å²) >= 11 is 5.41. The van der Waals surface area contributed by atoms with Gasteiger partial charge in [-0.25, -0.2) is 4.98 Å². The van der Waals surface area contributed by atoms with Crippen molar-refractivity contribution in [1.29, 1.82) is 0 Å². The lowest BCUT2D eigenvalue weighted by molar-refractivity contribution is -0.384. The van der Waals surface area contributed by atoms with E-state index in [1.165, 1.54) is 11.8 Å². The van der Waals surface area contributed by atoms with E-state index < -0.39 is 4.92 Å². The number of nitro benzene ring substituents is 1. The van der Waals surface area contributed by atoms with Crippen LogP contribution in [0.3, 0.4) is 0 Å². The Morgan fingerprint density at radius 1 is 1.33 bits per heavy atom. The zero-order chi connectivity index (χ0) is 15.0. The van der Waals surface area contributed by atoms with Crippen LogP contribution in [-0.2, 0) is 19.9 Å². The number of nitro groups is 1. The lowest BCUT2D eigenvalue weighted by atomic mass is 9.96. The van der Waals surface area contributed by atoms with Gasteiger partial charge in [0.1, 0.15) is 10.5 Å². The van der Waals surface area contributed by atoms with Crippen molar-refractivity contribution in [2.45, 2.75) is 25.7 Å². The van der Waals surface area contributed by atoms with Crippen LogP contribution < -0.4 is 0 Å². The van der Waals surface area contributed by atoms with Crippen LogP contribution in [0.5, 0.6) is 0 Å². The zero-order valence-corrected chi connectivity index (χ0v) is 12.5. The Labute approximate surface area is 127 Å². The SMILES string of the molecule is Cn1c(-c2cccc([N+](=O)[O-])c2)nc(=S)c2c1CCCC2. The topological polar surface area (TPSA) is 61.0 Å². The second-order valence-corrected chi connectivity index (χ2v) is 5.63. The average Bonchev–Trinajstić information content (AvgIpc) is 2.51. The summed E-state index contributed by atoms with van der Waals surface area (Å²) in [5, 5.41) is 10.9. The lowest BCUT2D eigenvalue weighted by Gasteiger charge is -2.21. The molecule has 0 saturated carbocycles. The molecule has 0 saturated heterocycles. The number of aromatic nitrogens is 2. The molecule has 108 valence electrons. The number of hydrogen-bond donors (Lipinski definition) is 0. The fraction of sp³-hybridized carbons (Fsp3) is 0.333. The fourth-order valence-corrected chi connectivity index (χ4v) is 3.18. The van der Waals surface area contributed by atoms with Gasteiger partial charge in [0.2, 0.25) is 0 Å². The highest BCUT2D eigenvalue weighted by atomic mass is 32.1. The van der Waals surface area contributed by atoms with Gasteiger partial charge in [-0.05, 0) is 25.7 Å². The van der Waals surface area contributed by atoms with E-state index in [2.05, 4.69) is 4.98 Å². The van der Waals surface area contributed by atoms with Gasteiger partial charge < -0.3 is 4.57 Å². The molecule has 3 rings (SSSR count). The molecule has 0 bridgehead atoms. The summed E-state index contributed by atoms with van der Waals surface area (Å²) in [5.74, 6) is 0.698. The molecule has 0 unspecified atom stereocenters. The van der Waals surface area contributed by atoms with E-state index in [-0.39, 0.29) is 5.69 Å². The van der Waals surface area contributed by atoms with E-state index in [9.17, 15) is 10.1 Å². The third kappa shape index (κ3) is 2.47. The van der Waals surface area contributed by atoms with E-state index >= 15 is 0 Å². The monoisotopic (exact) mass is 301 g/mol. The molecule has 0 amide bonds. The third-order valence-corrected chi connectivity index (χ3v) is 4.28. The van der Waals surface area contributed by atoms with Crippen molar-refractivity contribution in [1.82, 2.24) is 9.55 Å². The predicted molar refractivity (Wildman–Crippen MR) is 82.8 cm³/mol. The van der Waals surface area contributed by atoms with Crippen molar-refractivity contribution in [3.8, 4) is 11.4 Å². The van der Waals surface area contributed by atoms with Crippen LogP contribution in [0, 0.1) is 14.8 Å². The normalized spacial score (nSPS) is 13.8. The van der Waals surface area contributed by atoms with Gasteiger partial charge in [-0.15, -0.1) is 0 Å². The quantitative estimate of drug-likeness (QED) is 0.483. The smallest absolute Gasteiger partial charge is 0.270 e. The minimum atomic E-state index is -0.392. The van der Waals surface area contributed by atoms with E-state index in [1.54, 1.807) is 12.1 Å². The molecule has 1 aliphatic rings. The third-order valence-electron chi connectivity index (χ3n) is 3.94. The summed E-state index contributed by atoms with van der Waals surface area (Å²) < 4.78 is 2.66. The molecule has 0 N–H and O–H groups in total. The molecule has 2 aromatic rings. The maximum atomic E-state index is 10.9. The predicted octanol–water partition coefficient (Wildman–Crippen LogP) is 3.60. The molecule has 1 aliphatic carbocycles. The van der Waals surface area contributed by atoms with Gasteiger partial charge in [-0.2, -0.15) is 0 Å². The molecular weight excluding hydrogens is 286 g/mol. The Hall–Kier alpha value is -2.08. The van der Waals surface area contributed by atoms with E-state index in [0.29, 0.717) is 10.5 Å². The molecule has 1 aromatic heterocycles. The highest BCUT2D eigenvalue weighted by Crippen LogP contribution is 2.27. The van der Waals surface area contributed by atoms with Crippen molar-refractivity contribution in [3.63, 3.8) is 0 Å². The molecule has 6 heteroatoms. The standard InChI is InChI=1S/C15H15N3O2S/c1-17-13-8-3-2-7-12(13)15(21)16-14(17)10-5-4-6-11(9-10)18(19)20/h4-6,9H,2-3,7-8H2,1H3. The van der Waals surface area contributed by atoms with Gasteiger partial charge in [0.05, 0.1) is 4.92 Å². The highest BCUT2D eigenvalue weighted by molar-refractivity contribution is 7.71. The Morgan fingerprint density at radius 3 is 2.86 bits per heavy atom. The van der Waals surface area contributed by atoms with Crippen molar-refractivity contribution in [2.24, 2.45) is 7.05 Å². The summed E-state index contributed by atoms with van der Waals surface area (Å²) in [6.45, 7) is 0. The number of nitrogens with zero attached hydrogens (tertiary/aromatic N) is 3. The second-order valence-electron chi connectivity index (χ2n) is 5.24. The summed E-state index contributed by atoms with van der Waals surface area (Å²) in [6, 6.07) is 6.54. The molecule has 0 fully saturated rings. The Balaban J connectivity index is 2.19. The minimum absolute atomic E-state index is 0.0675. The van der Waals surface area contributed by atoms with Crippen LogP contribution in [0.4, 0.5) is 5.69 Å². The molecule has 5 nitrogen and oxygen atoms in total. The molecule has 0 spiro atoms. The maximum Gasteiger partial charge on any atom is 0.270 e. The van der Waals surface area contributed by atoms with Crippen molar-refractivity contribution >= 4 is 17.9 Å². The molecule has 0 aliphatic heterocycles. The second kappa shape index (κ2) is 5.37. The zero-order valence-electron chi connectivity index (χ0n) is 11.7.